The first-order chi connectivity index (χ1) is 10.5. The second-order valence-electron chi connectivity index (χ2n) is 4.96. The highest BCUT2D eigenvalue weighted by molar-refractivity contribution is 7.16. The van der Waals surface area contributed by atoms with Crippen LogP contribution in [0.5, 0.6) is 0 Å². The summed E-state index contributed by atoms with van der Waals surface area (Å²) in [5.41, 5.74) is 2.07. The van der Waals surface area contributed by atoms with Crippen molar-refractivity contribution in [3.63, 3.8) is 0 Å². The molecule has 22 heavy (non-hydrogen) atoms. The average molecular weight is 316 g/mol. The number of thiazole rings is 1. The molecule has 0 spiro atoms. The molecule has 1 aromatic heterocycles. The first-order valence-corrected chi connectivity index (χ1v) is 7.48. The number of nitrogens with zero attached hydrogens (tertiary/aromatic N) is 1. The summed E-state index contributed by atoms with van der Waals surface area (Å²) in [6.45, 7) is 0. The lowest BCUT2D eigenvalue weighted by molar-refractivity contribution is -0.115. The van der Waals surface area contributed by atoms with Gasteiger partial charge >= 0.3 is 4.87 Å². The van der Waals surface area contributed by atoms with Crippen LogP contribution in [0.4, 0.5) is 10.1 Å². The van der Waals surface area contributed by atoms with Crippen LogP contribution in [0.3, 0.4) is 0 Å². The Morgan fingerprint density at radius 3 is 2.86 bits per heavy atom. The number of halogens is 1. The van der Waals surface area contributed by atoms with Crippen molar-refractivity contribution in [1.82, 2.24) is 4.57 Å². The minimum atomic E-state index is -0.360. The lowest BCUT2D eigenvalue weighted by Crippen LogP contribution is -2.14. The van der Waals surface area contributed by atoms with E-state index in [4.69, 9.17) is 0 Å². The van der Waals surface area contributed by atoms with Gasteiger partial charge in [0.2, 0.25) is 5.91 Å². The Morgan fingerprint density at radius 1 is 1.27 bits per heavy atom. The Labute approximate surface area is 129 Å². The monoisotopic (exact) mass is 316 g/mol. The zero-order valence-electron chi connectivity index (χ0n) is 11.8. The number of aryl methyl sites for hydroxylation is 1. The Kier molecular flexibility index (Phi) is 3.77. The molecule has 112 valence electrons. The van der Waals surface area contributed by atoms with Crippen molar-refractivity contribution in [3.8, 4) is 0 Å². The minimum Gasteiger partial charge on any atom is -0.326 e. The summed E-state index contributed by atoms with van der Waals surface area (Å²) in [5.74, 6) is -0.589. The Bertz CT molecular complexity index is 914. The van der Waals surface area contributed by atoms with Gasteiger partial charge in [0.1, 0.15) is 5.82 Å². The van der Waals surface area contributed by atoms with E-state index in [1.165, 1.54) is 12.1 Å². The van der Waals surface area contributed by atoms with Crippen molar-refractivity contribution in [2.45, 2.75) is 6.42 Å². The summed E-state index contributed by atoms with van der Waals surface area (Å²) in [6, 6.07) is 11.3. The maximum atomic E-state index is 13.1. The van der Waals surface area contributed by atoms with E-state index in [0.29, 0.717) is 11.3 Å². The molecule has 1 amide bonds. The van der Waals surface area contributed by atoms with Crippen LogP contribution in [0.2, 0.25) is 0 Å². The molecule has 2 aromatic carbocycles. The third kappa shape index (κ3) is 2.92. The molecular formula is C16H13FN2O2S. The largest absolute Gasteiger partial charge is 0.326 e. The fourth-order valence-corrected chi connectivity index (χ4v) is 3.17. The summed E-state index contributed by atoms with van der Waals surface area (Å²) in [7, 11) is 1.71. The summed E-state index contributed by atoms with van der Waals surface area (Å²) in [4.78, 5) is 23.6. The SMILES string of the molecule is Cn1c(=O)sc2cc(NC(=O)Cc3cccc(F)c3)ccc21. The highest BCUT2D eigenvalue weighted by atomic mass is 32.1. The molecular weight excluding hydrogens is 303 g/mol. The van der Waals surface area contributed by atoms with Crippen molar-refractivity contribution in [2.24, 2.45) is 7.05 Å². The van der Waals surface area contributed by atoms with Crippen LogP contribution in [0.1, 0.15) is 5.56 Å². The van der Waals surface area contributed by atoms with Gasteiger partial charge in [-0.05, 0) is 35.9 Å². The van der Waals surface area contributed by atoms with Crippen LogP contribution >= 0.6 is 11.3 Å². The molecule has 6 heteroatoms. The molecule has 0 aliphatic rings. The molecule has 3 rings (SSSR count). The highest BCUT2D eigenvalue weighted by Crippen LogP contribution is 2.21. The zero-order chi connectivity index (χ0) is 15.7. The van der Waals surface area contributed by atoms with Gasteiger partial charge < -0.3 is 9.88 Å². The van der Waals surface area contributed by atoms with Gasteiger partial charge in [-0.2, -0.15) is 0 Å². The lowest BCUT2D eigenvalue weighted by Gasteiger charge is -2.06. The molecule has 0 radical (unpaired) electrons. The smallest absolute Gasteiger partial charge is 0.307 e. The van der Waals surface area contributed by atoms with Gasteiger partial charge in [0.15, 0.2) is 0 Å². The molecule has 0 aliphatic heterocycles. The number of hydrogen-bond donors (Lipinski definition) is 1. The van der Waals surface area contributed by atoms with Crippen molar-refractivity contribution < 1.29 is 9.18 Å². The number of aromatic nitrogens is 1. The van der Waals surface area contributed by atoms with Crippen molar-refractivity contribution in [2.75, 3.05) is 5.32 Å². The Morgan fingerprint density at radius 2 is 2.09 bits per heavy atom. The van der Waals surface area contributed by atoms with Crippen LogP contribution < -0.4 is 10.2 Å². The molecule has 0 fully saturated rings. The summed E-state index contributed by atoms with van der Waals surface area (Å²) in [5, 5.41) is 2.76. The predicted octanol–water partition coefficient (Wildman–Crippen LogP) is 2.92. The van der Waals surface area contributed by atoms with Gasteiger partial charge in [-0.1, -0.05) is 23.5 Å². The number of benzene rings is 2. The molecule has 3 aromatic rings. The van der Waals surface area contributed by atoms with Crippen LogP contribution in [0.25, 0.3) is 10.2 Å². The fraction of sp³-hybridized carbons (Fsp3) is 0.125. The number of hydrogen-bond acceptors (Lipinski definition) is 3. The van der Waals surface area contributed by atoms with Crippen LogP contribution in [0.15, 0.2) is 47.3 Å². The molecule has 0 atom stereocenters. The van der Waals surface area contributed by atoms with E-state index in [0.717, 1.165) is 21.6 Å². The number of rotatable bonds is 3. The zero-order valence-corrected chi connectivity index (χ0v) is 12.6. The van der Waals surface area contributed by atoms with E-state index in [2.05, 4.69) is 5.32 Å². The quantitative estimate of drug-likeness (QED) is 0.808. The van der Waals surface area contributed by atoms with Crippen molar-refractivity contribution >= 4 is 33.1 Å². The summed E-state index contributed by atoms with van der Waals surface area (Å²) >= 11 is 1.13. The van der Waals surface area contributed by atoms with E-state index in [1.807, 2.05) is 0 Å². The topological polar surface area (TPSA) is 51.1 Å². The molecule has 0 saturated carbocycles. The predicted molar refractivity (Wildman–Crippen MR) is 85.8 cm³/mol. The first-order valence-electron chi connectivity index (χ1n) is 6.67. The number of carbonyl (C=O) groups excluding carboxylic acids is 1. The molecule has 1 heterocycles. The van der Waals surface area contributed by atoms with Crippen molar-refractivity contribution in [3.05, 3.63) is 63.5 Å². The average Bonchev–Trinajstić information content (AvgIpc) is 2.73. The van der Waals surface area contributed by atoms with E-state index in [9.17, 15) is 14.0 Å². The highest BCUT2D eigenvalue weighted by Gasteiger charge is 2.08. The van der Waals surface area contributed by atoms with E-state index >= 15 is 0 Å². The van der Waals surface area contributed by atoms with Crippen LogP contribution in [-0.2, 0) is 18.3 Å². The van der Waals surface area contributed by atoms with E-state index in [1.54, 1.807) is 41.9 Å². The number of fused-ring (bicyclic) bond motifs is 1. The minimum absolute atomic E-state index is 0.0433. The molecule has 0 saturated heterocycles. The molecule has 1 N–H and O–H groups in total. The third-order valence-corrected chi connectivity index (χ3v) is 4.33. The van der Waals surface area contributed by atoms with Gasteiger partial charge in [0.25, 0.3) is 0 Å². The van der Waals surface area contributed by atoms with Crippen LogP contribution in [0, 0.1) is 5.82 Å². The summed E-state index contributed by atoms with van der Waals surface area (Å²) < 4.78 is 15.5. The number of anilines is 1. The number of carbonyl (C=O) groups is 1. The normalized spacial score (nSPS) is 10.8. The molecule has 0 unspecified atom stereocenters. The second-order valence-corrected chi connectivity index (χ2v) is 5.96. The van der Waals surface area contributed by atoms with Crippen molar-refractivity contribution in [1.29, 1.82) is 0 Å². The second kappa shape index (κ2) is 5.73. The molecule has 4 nitrogen and oxygen atoms in total. The maximum Gasteiger partial charge on any atom is 0.307 e. The number of nitrogens with one attached hydrogen (secondary N) is 1. The lowest BCUT2D eigenvalue weighted by atomic mass is 10.1. The standard InChI is InChI=1S/C16H13FN2O2S/c1-19-13-6-5-12(9-14(13)22-16(19)21)18-15(20)8-10-3-2-4-11(17)7-10/h2-7,9H,8H2,1H3,(H,18,20). The third-order valence-electron chi connectivity index (χ3n) is 3.33. The van der Waals surface area contributed by atoms with Gasteiger partial charge in [-0.15, -0.1) is 0 Å². The van der Waals surface area contributed by atoms with E-state index < -0.39 is 0 Å². The van der Waals surface area contributed by atoms with Gasteiger partial charge in [-0.25, -0.2) is 4.39 Å². The maximum absolute atomic E-state index is 13.1. The Hall–Kier alpha value is -2.47. The fourth-order valence-electron chi connectivity index (χ4n) is 2.25. The van der Waals surface area contributed by atoms with Gasteiger partial charge in [0.05, 0.1) is 16.6 Å². The molecule has 0 aliphatic carbocycles. The van der Waals surface area contributed by atoms with Crippen LogP contribution in [-0.4, -0.2) is 10.5 Å². The molecule has 0 bridgehead atoms. The van der Waals surface area contributed by atoms with Gasteiger partial charge in [-0.3, -0.25) is 9.59 Å². The number of amides is 1. The van der Waals surface area contributed by atoms with E-state index in [-0.39, 0.29) is 23.0 Å². The first kappa shape index (κ1) is 14.5. The van der Waals surface area contributed by atoms with Gasteiger partial charge in [0, 0.05) is 12.7 Å². The summed E-state index contributed by atoms with van der Waals surface area (Å²) in [6.07, 6.45) is 0.0980. The Balaban J connectivity index is 1.78.